The van der Waals surface area contributed by atoms with Gasteiger partial charge in [-0.3, -0.25) is 9.59 Å². The van der Waals surface area contributed by atoms with Gasteiger partial charge in [-0.25, -0.2) is 9.97 Å². The number of aliphatic hydroxyl groups is 1. The van der Waals surface area contributed by atoms with E-state index in [1.165, 1.54) is 0 Å². The number of aromatic nitrogens is 3. The van der Waals surface area contributed by atoms with Gasteiger partial charge in [0.2, 0.25) is 5.91 Å². The fourth-order valence-corrected chi connectivity index (χ4v) is 5.33. The van der Waals surface area contributed by atoms with Gasteiger partial charge in [-0.2, -0.15) is 0 Å². The Morgan fingerprint density at radius 2 is 1.82 bits per heavy atom. The van der Waals surface area contributed by atoms with Crippen LogP contribution in [-0.4, -0.2) is 83.7 Å². The largest absolute Gasteiger partial charge is 0.387 e. The first-order valence-corrected chi connectivity index (χ1v) is 17.3. The molecule has 210 valence electrons. The smallest absolute Gasteiger partial charge is 0.248 e. The molecular formula is C29H41N5O4Si. The van der Waals surface area contributed by atoms with E-state index >= 15 is 0 Å². The van der Waals surface area contributed by atoms with Gasteiger partial charge < -0.3 is 24.2 Å². The van der Waals surface area contributed by atoms with Crippen molar-refractivity contribution in [2.24, 2.45) is 5.41 Å². The van der Waals surface area contributed by atoms with Crippen LogP contribution in [0.25, 0.3) is 22.4 Å². The molecule has 1 aliphatic rings. The Morgan fingerprint density at radius 1 is 1.10 bits per heavy atom. The second-order valence-corrected chi connectivity index (χ2v) is 18.1. The number of piperazine rings is 1. The van der Waals surface area contributed by atoms with Gasteiger partial charge in [-0.1, -0.05) is 52.5 Å². The van der Waals surface area contributed by atoms with Crippen LogP contribution in [0.5, 0.6) is 0 Å². The molecule has 0 radical (unpaired) electrons. The van der Waals surface area contributed by atoms with Gasteiger partial charge in [0.1, 0.15) is 18.9 Å². The van der Waals surface area contributed by atoms with E-state index in [9.17, 15) is 9.59 Å². The summed E-state index contributed by atoms with van der Waals surface area (Å²) in [5, 5.41) is 9.14. The van der Waals surface area contributed by atoms with Crippen molar-refractivity contribution in [1.82, 2.24) is 19.4 Å². The van der Waals surface area contributed by atoms with E-state index in [0.717, 1.165) is 17.3 Å². The third kappa shape index (κ3) is 6.92. The molecule has 39 heavy (non-hydrogen) atoms. The summed E-state index contributed by atoms with van der Waals surface area (Å²) in [6, 6.07) is 9.16. The van der Waals surface area contributed by atoms with E-state index in [4.69, 9.17) is 19.8 Å². The van der Waals surface area contributed by atoms with Crippen LogP contribution in [0.15, 0.2) is 36.7 Å². The highest BCUT2D eigenvalue weighted by molar-refractivity contribution is 6.76. The fourth-order valence-electron chi connectivity index (χ4n) is 4.58. The predicted octanol–water partition coefficient (Wildman–Crippen LogP) is 4.28. The highest BCUT2D eigenvalue weighted by Crippen LogP contribution is 2.30. The maximum absolute atomic E-state index is 13.4. The number of ether oxygens (including phenoxy) is 1. The van der Waals surface area contributed by atoms with Crippen LogP contribution < -0.4 is 4.90 Å². The summed E-state index contributed by atoms with van der Waals surface area (Å²) < 4.78 is 7.87. The Hall–Kier alpha value is -3.08. The number of hydrogen-bond acceptors (Lipinski definition) is 7. The molecule has 1 N–H and O–H groups in total. The Kier molecular flexibility index (Phi) is 8.58. The van der Waals surface area contributed by atoms with E-state index in [1.54, 1.807) is 11.1 Å². The standard InChI is InChI=1S/C29H41N5O4Si/c1-29(2,3)27(37)23-18-34(20-38-14-15-39(4,5)6)28-26(23)31-24(17-30-28)21-8-7-9-22(16-21)32-10-12-33(13-11-32)25(36)19-35/h7-9,16-18,35H,10-15,19-20H2,1-6H3. The molecule has 0 saturated carbocycles. The quantitative estimate of drug-likeness (QED) is 0.241. The predicted molar refractivity (Wildman–Crippen MR) is 157 cm³/mol. The molecule has 9 nitrogen and oxygen atoms in total. The molecule has 0 atom stereocenters. The van der Waals surface area contributed by atoms with Crippen LogP contribution in [0.3, 0.4) is 0 Å². The summed E-state index contributed by atoms with van der Waals surface area (Å²) in [5.41, 5.74) is 3.85. The number of hydrogen-bond donors (Lipinski definition) is 1. The van der Waals surface area contributed by atoms with E-state index in [2.05, 4.69) is 30.6 Å². The summed E-state index contributed by atoms with van der Waals surface area (Å²) in [6.07, 6.45) is 3.59. The zero-order chi connectivity index (χ0) is 28.4. The van der Waals surface area contributed by atoms with Crippen molar-refractivity contribution in [3.63, 3.8) is 0 Å². The van der Waals surface area contributed by atoms with Gasteiger partial charge in [-0.05, 0) is 18.2 Å². The zero-order valence-electron chi connectivity index (χ0n) is 24.0. The van der Waals surface area contributed by atoms with Crippen LogP contribution in [0.1, 0.15) is 31.1 Å². The molecule has 1 aliphatic heterocycles. The molecule has 3 aromatic rings. The summed E-state index contributed by atoms with van der Waals surface area (Å²) >= 11 is 0. The molecule has 0 spiro atoms. The Bertz CT molecular complexity index is 1330. The van der Waals surface area contributed by atoms with Crippen LogP contribution in [0, 0.1) is 5.41 Å². The summed E-state index contributed by atoms with van der Waals surface area (Å²) in [7, 11) is -1.21. The molecule has 4 rings (SSSR count). The first-order valence-electron chi connectivity index (χ1n) is 13.6. The van der Waals surface area contributed by atoms with Crippen molar-refractivity contribution < 1.29 is 19.4 Å². The number of carbonyl (C=O) groups is 2. The first kappa shape index (κ1) is 28.9. The molecule has 1 amide bonds. The van der Waals surface area contributed by atoms with E-state index in [1.807, 2.05) is 49.7 Å². The minimum absolute atomic E-state index is 0.0175. The topological polar surface area (TPSA) is 101 Å². The molecule has 1 saturated heterocycles. The molecule has 2 aromatic heterocycles. The third-order valence-electron chi connectivity index (χ3n) is 6.99. The lowest BCUT2D eigenvalue weighted by molar-refractivity contribution is -0.134. The van der Waals surface area contributed by atoms with Crippen molar-refractivity contribution in [2.75, 3.05) is 44.3 Å². The van der Waals surface area contributed by atoms with E-state index in [-0.39, 0.29) is 11.7 Å². The number of carbonyl (C=O) groups excluding carboxylic acids is 2. The molecule has 1 aromatic carbocycles. The summed E-state index contributed by atoms with van der Waals surface area (Å²) in [6.45, 7) is 15.8. The summed E-state index contributed by atoms with van der Waals surface area (Å²) in [4.78, 5) is 38.8. The van der Waals surface area contributed by atoms with Crippen molar-refractivity contribution >= 4 is 36.6 Å². The normalized spacial score (nSPS) is 14.7. The van der Waals surface area contributed by atoms with Crippen LogP contribution in [-0.2, 0) is 16.3 Å². The molecule has 0 unspecified atom stereocenters. The summed E-state index contributed by atoms with van der Waals surface area (Å²) in [5.74, 6) is -0.218. The van der Waals surface area contributed by atoms with Crippen molar-refractivity contribution in [3.05, 3.63) is 42.2 Å². The van der Waals surface area contributed by atoms with Gasteiger partial charge in [0.15, 0.2) is 11.4 Å². The lowest BCUT2D eigenvalue weighted by Gasteiger charge is -2.36. The zero-order valence-corrected chi connectivity index (χ0v) is 25.0. The lowest BCUT2D eigenvalue weighted by atomic mass is 9.87. The molecular weight excluding hydrogens is 510 g/mol. The molecule has 0 aliphatic carbocycles. The van der Waals surface area contributed by atoms with Crippen LogP contribution in [0.4, 0.5) is 5.69 Å². The molecule has 1 fully saturated rings. The average Bonchev–Trinajstić information content (AvgIpc) is 3.27. The number of anilines is 1. The SMILES string of the molecule is CC(C)(C)C(=O)c1cn(COCC[Si](C)(C)C)c2ncc(-c3cccc(N4CCN(C(=O)CO)CC4)c3)nc12. The van der Waals surface area contributed by atoms with Gasteiger partial charge in [0, 0.05) is 63.7 Å². The highest BCUT2D eigenvalue weighted by atomic mass is 28.3. The number of nitrogens with zero attached hydrogens (tertiary/aromatic N) is 5. The number of benzene rings is 1. The van der Waals surface area contributed by atoms with Gasteiger partial charge in [0.25, 0.3) is 0 Å². The Balaban J connectivity index is 1.62. The number of aliphatic hydroxyl groups excluding tert-OH is 1. The molecule has 3 heterocycles. The second-order valence-electron chi connectivity index (χ2n) is 12.4. The number of fused-ring (bicyclic) bond motifs is 1. The Labute approximate surface area is 231 Å². The number of ketones is 1. The average molecular weight is 552 g/mol. The minimum atomic E-state index is -1.21. The minimum Gasteiger partial charge on any atom is -0.387 e. The maximum atomic E-state index is 13.4. The van der Waals surface area contributed by atoms with Crippen LogP contribution in [0.2, 0.25) is 25.7 Å². The number of Topliss-reactive ketones (excluding diaryl/α,β-unsaturated/α-hetero) is 1. The van der Waals surface area contributed by atoms with Crippen LogP contribution >= 0.6 is 0 Å². The van der Waals surface area contributed by atoms with Crippen molar-refractivity contribution in [1.29, 1.82) is 0 Å². The molecule has 0 bridgehead atoms. The van der Waals surface area contributed by atoms with Gasteiger partial charge in [0.05, 0.1) is 17.5 Å². The maximum Gasteiger partial charge on any atom is 0.248 e. The molecule has 10 heteroatoms. The highest BCUT2D eigenvalue weighted by Gasteiger charge is 2.28. The van der Waals surface area contributed by atoms with Crippen molar-refractivity contribution in [2.45, 2.75) is 53.2 Å². The Morgan fingerprint density at radius 3 is 2.46 bits per heavy atom. The fraction of sp³-hybridized carbons (Fsp3) is 0.517. The van der Waals surface area contributed by atoms with Gasteiger partial charge in [-0.15, -0.1) is 0 Å². The second kappa shape index (κ2) is 11.6. The lowest BCUT2D eigenvalue weighted by Crippen LogP contribution is -2.49. The number of rotatable bonds is 9. The van der Waals surface area contributed by atoms with Gasteiger partial charge >= 0.3 is 0 Å². The monoisotopic (exact) mass is 551 g/mol. The van der Waals surface area contributed by atoms with Crippen molar-refractivity contribution in [3.8, 4) is 11.3 Å². The number of amides is 1. The van der Waals surface area contributed by atoms with E-state index < -0.39 is 20.1 Å². The third-order valence-corrected chi connectivity index (χ3v) is 8.70. The van der Waals surface area contributed by atoms with E-state index in [0.29, 0.717) is 61.9 Å². The first-order chi connectivity index (χ1) is 18.4.